The van der Waals surface area contributed by atoms with Crippen LogP contribution in [0.4, 0.5) is 0 Å². The van der Waals surface area contributed by atoms with Crippen molar-refractivity contribution in [2.75, 3.05) is 13.7 Å². The van der Waals surface area contributed by atoms with E-state index in [1.807, 2.05) is 0 Å². The minimum Gasteiger partial charge on any atom is -0.481 e. The van der Waals surface area contributed by atoms with Gasteiger partial charge in [-0.15, -0.1) is 6.42 Å². The van der Waals surface area contributed by atoms with Gasteiger partial charge >= 0.3 is 5.97 Å². The summed E-state index contributed by atoms with van der Waals surface area (Å²) < 4.78 is 5.20. The van der Waals surface area contributed by atoms with E-state index in [4.69, 9.17) is 16.3 Å². The Kier molecular flexibility index (Phi) is 4.76. The Hall–Kier alpha value is -2.48. The van der Waals surface area contributed by atoms with Crippen LogP contribution < -0.4 is 4.74 Å². The van der Waals surface area contributed by atoms with Crippen molar-refractivity contribution in [3.8, 4) is 18.1 Å². The van der Waals surface area contributed by atoms with Gasteiger partial charge < -0.3 is 14.7 Å². The highest BCUT2D eigenvalue weighted by atomic mass is 16.5. The number of aliphatic carboxylic acids is 1. The maximum absolute atomic E-state index is 12.2. The Morgan fingerprint density at radius 1 is 1.35 bits per heavy atom. The number of amides is 1. The molecule has 0 spiro atoms. The van der Waals surface area contributed by atoms with Crippen LogP contribution >= 0.6 is 0 Å². The van der Waals surface area contributed by atoms with Gasteiger partial charge in [0.2, 0.25) is 0 Å². The first-order valence-corrected chi connectivity index (χ1v) is 5.98. The lowest BCUT2D eigenvalue weighted by molar-refractivity contribution is -0.147. The summed E-state index contributed by atoms with van der Waals surface area (Å²) >= 11 is 0. The Bertz CT molecular complexity index is 540. The SMILES string of the molecule is C#CCOc1ccc(C(=O)N(C)C(C)(C)C(=O)O)cc1. The molecule has 1 N–H and O–H groups in total. The fourth-order valence-electron chi connectivity index (χ4n) is 1.41. The van der Waals surface area contributed by atoms with E-state index in [1.165, 1.54) is 25.8 Å². The molecule has 0 saturated heterocycles. The predicted molar refractivity (Wildman–Crippen MR) is 74.6 cm³/mol. The molecule has 5 nitrogen and oxygen atoms in total. The zero-order chi connectivity index (χ0) is 15.3. The standard InChI is InChI=1S/C15H17NO4/c1-5-10-20-12-8-6-11(7-9-12)13(17)16(4)15(2,3)14(18)19/h1,6-9H,10H2,2-4H3,(H,18,19). The molecule has 0 atom stereocenters. The number of nitrogens with zero attached hydrogens (tertiary/aromatic N) is 1. The molecule has 0 aromatic heterocycles. The van der Waals surface area contributed by atoms with Crippen LogP contribution in [0.1, 0.15) is 24.2 Å². The summed E-state index contributed by atoms with van der Waals surface area (Å²) in [6.45, 7) is 3.09. The van der Waals surface area contributed by atoms with Crippen LogP contribution in [0.25, 0.3) is 0 Å². The lowest BCUT2D eigenvalue weighted by Gasteiger charge is -2.31. The number of hydrogen-bond acceptors (Lipinski definition) is 3. The number of carbonyl (C=O) groups is 2. The summed E-state index contributed by atoms with van der Waals surface area (Å²) in [5, 5.41) is 9.12. The quantitative estimate of drug-likeness (QED) is 0.829. The lowest BCUT2D eigenvalue weighted by atomic mass is 10.0. The molecule has 106 valence electrons. The Balaban J connectivity index is 2.88. The number of benzene rings is 1. The van der Waals surface area contributed by atoms with Gasteiger partial charge in [0.1, 0.15) is 17.9 Å². The molecular formula is C15H17NO4. The molecule has 5 heteroatoms. The van der Waals surface area contributed by atoms with Crippen LogP contribution in [0.15, 0.2) is 24.3 Å². The molecule has 1 aromatic rings. The number of carboxylic acid groups (broad SMARTS) is 1. The van der Waals surface area contributed by atoms with Gasteiger partial charge in [0.05, 0.1) is 0 Å². The van der Waals surface area contributed by atoms with E-state index in [1.54, 1.807) is 24.3 Å². The highest BCUT2D eigenvalue weighted by molar-refractivity contribution is 5.97. The number of terminal acetylenes is 1. The molecule has 1 aromatic carbocycles. The zero-order valence-corrected chi connectivity index (χ0v) is 11.7. The van der Waals surface area contributed by atoms with Gasteiger partial charge in [-0.05, 0) is 38.1 Å². The molecular weight excluding hydrogens is 258 g/mol. The molecule has 0 heterocycles. The van der Waals surface area contributed by atoms with Gasteiger partial charge in [-0.3, -0.25) is 4.79 Å². The number of hydrogen-bond donors (Lipinski definition) is 1. The van der Waals surface area contributed by atoms with Crippen molar-refractivity contribution in [1.82, 2.24) is 4.90 Å². The minimum absolute atomic E-state index is 0.152. The van der Waals surface area contributed by atoms with E-state index < -0.39 is 11.5 Å². The van der Waals surface area contributed by atoms with Crippen LogP contribution in [0.5, 0.6) is 5.75 Å². The zero-order valence-electron chi connectivity index (χ0n) is 11.7. The summed E-state index contributed by atoms with van der Waals surface area (Å²) in [7, 11) is 1.46. The molecule has 1 amide bonds. The van der Waals surface area contributed by atoms with Gasteiger partial charge in [-0.25, -0.2) is 4.79 Å². The smallest absolute Gasteiger partial charge is 0.329 e. The monoisotopic (exact) mass is 275 g/mol. The van der Waals surface area contributed by atoms with E-state index in [2.05, 4.69) is 5.92 Å². The lowest BCUT2D eigenvalue weighted by Crippen LogP contribution is -2.50. The van der Waals surface area contributed by atoms with Crippen molar-refractivity contribution in [3.63, 3.8) is 0 Å². The van der Waals surface area contributed by atoms with Crippen molar-refractivity contribution in [3.05, 3.63) is 29.8 Å². The second-order valence-corrected chi connectivity index (χ2v) is 4.75. The maximum Gasteiger partial charge on any atom is 0.329 e. The van der Waals surface area contributed by atoms with Crippen LogP contribution in [0.3, 0.4) is 0 Å². The molecule has 0 aliphatic rings. The number of carboxylic acids is 1. The fraction of sp³-hybridized carbons (Fsp3) is 0.333. The van der Waals surface area contributed by atoms with Gasteiger partial charge in [0.15, 0.2) is 0 Å². The van der Waals surface area contributed by atoms with Crippen molar-refractivity contribution in [2.45, 2.75) is 19.4 Å². The van der Waals surface area contributed by atoms with Crippen molar-refractivity contribution in [1.29, 1.82) is 0 Å². The highest BCUT2D eigenvalue weighted by Crippen LogP contribution is 2.18. The minimum atomic E-state index is -1.28. The predicted octanol–water partition coefficient (Wildman–Crippen LogP) is 1.63. The first-order valence-electron chi connectivity index (χ1n) is 5.98. The van der Waals surface area contributed by atoms with E-state index in [0.29, 0.717) is 11.3 Å². The normalized spacial score (nSPS) is 10.5. The summed E-state index contributed by atoms with van der Waals surface area (Å²) in [5.41, 5.74) is -0.898. The molecule has 1 rings (SSSR count). The Morgan fingerprint density at radius 2 is 1.90 bits per heavy atom. The van der Waals surface area contributed by atoms with Crippen LogP contribution in [0.2, 0.25) is 0 Å². The molecule has 0 saturated carbocycles. The molecule has 0 aliphatic heterocycles. The number of ether oxygens (including phenoxy) is 1. The average Bonchev–Trinajstić information content (AvgIpc) is 2.43. The maximum atomic E-state index is 12.2. The Morgan fingerprint density at radius 3 is 2.35 bits per heavy atom. The second-order valence-electron chi connectivity index (χ2n) is 4.75. The molecule has 0 radical (unpaired) electrons. The van der Waals surface area contributed by atoms with E-state index in [-0.39, 0.29) is 12.5 Å². The number of carbonyl (C=O) groups excluding carboxylic acids is 1. The van der Waals surface area contributed by atoms with Crippen molar-refractivity contribution >= 4 is 11.9 Å². The van der Waals surface area contributed by atoms with E-state index in [0.717, 1.165) is 0 Å². The highest BCUT2D eigenvalue weighted by Gasteiger charge is 2.35. The van der Waals surface area contributed by atoms with Crippen LogP contribution in [-0.2, 0) is 4.79 Å². The molecule has 20 heavy (non-hydrogen) atoms. The molecule has 0 bridgehead atoms. The summed E-state index contributed by atoms with van der Waals surface area (Å²) in [6.07, 6.45) is 5.08. The van der Waals surface area contributed by atoms with E-state index >= 15 is 0 Å². The average molecular weight is 275 g/mol. The second kappa shape index (κ2) is 6.11. The third-order valence-corrected chi connectivity index (χ3v) is 3.09. The topological polar surface area (TPSA) is 66.8 Å². The molecule has 0 unspecified atom stereocenters. The summed E-state index contributed by atoms with van der Waals surface area (Å²) in [6, 6.07) is 6.38. The third-order valence-electron chi connectivity index (χ3n) is 3.09. The van der Waals surface area contributed by atoms with Crippen LogP contribution in [-0.4, -0.2) is 41.1 Å². The molecule has 0 fully saturated rings. The third kappa shape index (κ3) is 3.29. The Labute approximate surface area is 118 Å². The number of likely N-dealkylation sites (N-methyl/N-ethyl adjacent to an activating group) is 1. The largest absolute Gasteiger partial charge is 0.481 e. The first-order chi connectivity index (χ1) is 9.30. The van der Waals surface area contributed by atoms with Gasteiger partial charge in [-0.1, -0.05) is 5.92 Å². The fourth-order valence-corrected chi connectivity index (χ4v) is 1.41. The van der Waals surface area contributed by atoms with Crippen molar-refractivity contribution < 1.29 is 19.4 Å². The van der Waals surface area contributed by atoms with Gasteiger partial charge in [-0.2, -0.15) is 0 Å². The first kappa shape index (κ1) is 15.6. The van der Waals surface area contributed by atoms with Gasteiger partial charge in [0, 0.05) is 12.6 Å². The van der Waals surface area contributed by atoms with E-state index in [9.17, 15) is 9.59 Å². The molecule has 0 aliphatic carbocycles. The summed E-state index contributed by atoms with van der Waals surface area (Å²) in [4.78, 5) is 24.5. The van der Waals surface area contributed by atoms with Crippen molar-refractivity contribution in [2.24, 2.45) is 0 Å². The number of rotatable bonds is 5. The van der Waals surface area contributed by atoms with Gasteiger partial charge in [0.25, 0.3) is 5.91 Å². The summed E-state index contributed by atoms with van der Waals surface area (Å²) in [5.74, 6) is 1.46. The van der Waals surface area contributed by atoms with Crippen LogP contribution in [0, 0.1) is 12.3 Å².